The van der Waals surface area contributed by atoms with Gasteiger partial charge in [-0.15, -0.1) is 0 Å². The molecule has 7 nitrogen and oxygen atoms in total. The molecule has 0 saturated heterocycles. The molecule has 0 spiro atoms. The predicted molar refractivity (Wildman–Crippen MR) is 111 cm³/mol. The van der Waals surface area contributed by atoms with Crippen LogP contribution in [0.25, 0.3) is 11.6 Å². The van der Waals surface area contributed by atoms with Crippen LogP contribution in [0.5, 0.6) is 0 Å². The molecule has 0 aliphatic rings. The van der Waals surface area contributed by atoms with Gasteiger partial charge in [-0.1, -0.05) is 61.2 Å². The number of ether oxygens (including phenoxy) is 1. The van der Waals surface area contributed by atoms with E-state index in [1.807, 2.05) is 30.3 Å². The molecule has 0 aliphatic heterocycles. The number of benzene rings is 2. The molecule has 0 saturated carbocycles. The van der Waals surface area contributed by atoms with Crippen LogP contribution in [0, 0.1) is 0 Å². The second-order valence-corrected chi connectivity index (χ2v) is 6.57. The fraction of sp³-hybridized carbons (Fsp3) is 0.217. The van der Waals surface area contributed by atoms with Gasteiger partial charge < -0.3 is 25.2 Å². The van der Waals surface area contributed by atoms with Crippen LogP contribution in [0.3, 0.4) is 0 Å². The van der Waals surface area contributed by atoms with Gasteiger partial charge in [0, 0.05) is 17.2 Å². The Kier molecular flexibility index (Phi) is 8.64. The molecule has 0 fully saturated rings. The summed E-state index contributed by atoms with van der Waals surface area (Å²) in [6.45, 7) is 2.58. The van der Waals surface area contributed by atoms with Crippen LogP contribution in [0.15, 0.2) is 67.3 Å². The Bertz CT molecular complexity index is 888. The molecule has 4 N–H and O–H groups in total. The van der Waals surface area contributed by atoms with Crippen molar-refractivity contribution in [2.75, 3.05) is 13.2 Å². The number of rotatable bonds is 10. The first-order valence-electron chi connectivity index (χ1n) is 9.22. The van der Waals surface area contributed by atoms with Crippen molar-refractivity contribution >= 4 is 23.4 Å². The summed E-state index contributed by atoms with van der Waals surface area (Å²) >= 11 is 0. The Morgan fingerprint density at radius 2 is 1.57 bits per heavy atom. The third-order valence-electron chi connectivity index (χ3n) is 4.35. The van der Waals surface area contributed by atoms with E-state index in [9.17, 15) is 24.9 Å². The van der Waals surface area contributed by atoms with Crippen LogP contribution in [0.1, 0.15) is 21.5 Å². The van der Waals surface area contributed by atoms with Gasteiger partial charge in [-0.25, -0.2) is 4.79 Å². The minimum absolute atomic E-state index is 0.200. The number of ketones is 1. The van der Waals surface area contributed by atoms with E-state index in [1.165, 1.54) is 6.08 Å². The van der Waals surface area contributed by atoms with Crippen LogP contribution in [0.4, 0.5) is 0 Å². The van der Waals surface area contributed by atoms with Crippen molar-refractivity contribution in [3.05, 3.63) is 83.9 Å². The topological polar surface area (TPSA) is 124 Å². The molecule has 0 unspecified atom stereocenters. The van der Waals surface area contributed by atoms with Gasteiger partial charge in [-0.3, -0.25) is 4.79 Å². The summed E-state index contributed by atoms with van der Waals surface area (Å²) in [6.07, 6.45) is -2.11. The van der Waals surface area contributed by atoms with Gasteiger partial charge in [0.2, 0.25) is 0 Å². The highest BCUT2D eigenvalue weighted by molar-refractivity contribution is 6.28. The number of aliphatic hydroxyl groups is 4. The minimum atomic E-state index is -1.64. The first-order chi connectivity index (χ1) is 14.3. The van der Waals surface area contributed by atoms with Crippen molar-refractivity contribution in [1.29, 1.82) is 0 Å². The number of allylic oxidation sites excluding steroid dienone is 1. The lowest BCUT2D eigenvalue weighted by molar-refractivity contribution is -0.146. The van der Waals surface area contributed by atoms with E-state index in [4.69, 9.17) is 9.84 Å². The maximum absolute atomic E-state index is 12.5. The first kappa shape index (κ1) is 23.2. The zero-order chi connectivity index (χ0) is 22.1. The normalized spacial score (nSPS) is 14.1. The number of esters is 1. The maximum Gasteiger partial charge on any atom is 0.330 e. The van der Waals surface area contributed by atoms with E-state index < -0.39 is 37.5 Å². The van der Waals surface area contributed by atoms with Gasteiger partial charge in [-0.2, -0.15) is 0 Å². The van der Waals surface area contributed by atoms with Gasteiger partial charge >= 0.3 is 5.97 Å². The van der Waals surface area contributed by atoms with Gasteiger partial charge in [0.25, 0.3) is 0 Å². The van der Waals surface area contributed by atoms with E-state index in [0.29, 0.717) is 16.7 Å². The van der Waals surface area contributed by atoms with Crippen molar-refractivity contribution < 1.29 is 34.8 Å². The molecular weight excluding hydrogens is 388 g/mol. The van der Waals surface area contributed by atoms with E-state index in [2.05, 4.69) is 6.58 Å². The molecule has 2 aromatic rings. The van der Waals surface area contributed by atoms with Gasteiger partial charge in [0.05, 0.1) is 6.61 Å². The molecule has 7 heteroatoms. The quantitative estimate of drug-likeness (QED) is 0.263. The molecule has 0 heterocycles. The second kappa shape index (κ2) is 11.2. The summed E-state index contributed by atoms with van der Waals surface area (Å²) in [7, 11) is 0. The summed E-state index contributed by atoms with van der Waals surface area (Å²) in [4.78, 5) is 24.3. The molecule has 2 aromatic carbocycles. The van der Waals surface area contributed by atoms with Gasteiger partial charge in [0.15, 0.2) is 5.78 Å². The summed E-state index contributed by atoms with van der Waals surface area (Å²) in [5.74, 6) is -0.967. The molecule has 30 heavy (non-hydrogen) atoms. The second-order valence-electron chi connectivity index (χ2n) is 6.57. The molecule has 158 valence electrons. The third-order valence-corrected chi connectivity index (χ3v) is 4.35. The van der Waals surface area contributed by atoms with E-state index in [1.54, 1.807) is 24.3 Å². The molecular formula is C23H24O7. The number of carbonyl (C=O) groups is 2. The lowest BCUT2D eigenvalue weighted by Gasteiger charge is -2.20. The summed E-state index contributed by atoms with van der Waals surface area (Å²) in [5, 5.41) is 37.0. The Hall–Kier alpha value is -3.10. The molecule has 2 rings (SSSR count). The number of aliphatic hydroxyl groups excluding tert-OH is 4. The molecule has 0 bridgehead atoms. The lowest BCUT2D eigenvalue weighted by Crippen LogP contribution is -2.42. The monoisotopic (exact) mass is 412 g/mol. The fourth-order valence-corrected chi connectivity index (χ4v) is 2.53. The fourth-order valence-electron chi connectivity index (χ4n) is 2.53. The molecule has 3 atom stereocenters. The standard InChI is InChI=1S/C23H24O7/c1-15(17-5-3-2-4-6-17)22(28)18-10-7-16(8-11-18)9-12-21(27)30-14-20(26)23(29)19(25)13-24/h2-12,19-20,23-26,29H,1,13-14H2/b12-9+/t19-,20-,23-/m1/s1. The van der Waals surface area contributed by atoms with Crippen molar-refractivity contribution in [3.63, 3.8) is 0 Å². The van der Waals surface area contributed by atoms with Crippen LogP contribution in [-0.4, -0.2) is 63.7 Å². The Morgan fingerprint density at radius 1 is 0.933 bits per heavy atom. The van der Waals surface area contributed by atoms with Gasteiger partial charge in [-0.05, 0) is 17.2 Å². The Labute approximate surface area is 174 Å². The van der Waals surface area contributed by atoms with Crippen molar-refractivity contribution in [2.24, 2.45) is 0 Å². The predicted octanol–water partition coefficient (Wildman–Crippen LogP) is 1.21. The minimum Gasteiger partial charge on any atom is -0.460 e. The number of carbonyl (C=O) groups excluding carboxylic acids is 2. The average Bonchev–Trinajstić information content (AvgIpc) is 2.80. The number of hydrogen-bond donors (Lipinski definition) is 4. The highest BCUT2D eigenvalue weighted by atomic mass is 16.5. The smallest absolute Gasteiger partial charge is 0.330 e. The SMILES string of the molecule is C=C(C(=O)c1ccc(/C=C/C(=O)OC[C@@H](O)[C@H](O)[C@H](O)CO)cc1)c1ccccc1. The van der Waals surface area contributed by atoms with Crippen molar-refractivity contribution in [1.82, 2.24) is 0 Å². The maximum atomic E-state index is 12.5. The number of hydrogen-bond acceptors (Lipinski definition) is 7. The van der Waals surface area contributed by atoms with Crippen molar-refractivity contribution in [2.45, 2.75) is 18.3 Å². The zero-order valence-corrected chi connectivity index (χ0v) is 16.2. The van der Waals surface area contributed by atoms with Crippen LogP contribution in [-0.2, 0) is 9.53 Å². The van der Waals surface area contributed by atoms with E-state index in [-0.39, 0.29) is 5.78 Å². The molecule has 0 aliphatic carbocycles. The van der Waals surface area contributed by atoms with E-state index >= 15 is 0 Å². The highest BCUT2D eigenvalue weighted by Gasteiger charge is 2.24. The molecule has 0 aromatic heterocycles. The highest BCUT2D eigenvalue weighted by Crippen LogP contribution is 2.18. The molecule has 0 amide bonds. The lowest BCUT2D eigenvalue weighted by atomic mass is 9.97. The zero-order valence-electron chi connectivity index (χ0n) is 16.2. The summed E-state index contributed by atoms with van der Waals surface area (Å²) in [5.41, 5.74) is 2.23. The van der Waals surface area contributed by atoms with Crippen LogP contribution >= 0.6 is 0 Å². The summed E-state index contributed by atoms with van der Waals surface area (Å²) in [6, 6.07) is 15.7. The number of Topliss-reactive ketones (excluding diaryl/α,β-unsaturated/α-hetero) is 1. The van der Waals surface area contributed by atoms with Gasteiger partial charge in [0.1, 0.15) is 24.9 Å². The first-order valence-corrected chi connectivity index (χ1v) is 9.22. The van der Waals surface area contributed by atoms with Crippen LogP contribution in [0.2, 0.25) is 0 Å². The Morgan fingerprint density at radius 3 is 2.17 bits per heavy atom. The van der Waals surface area contributed by atoms with E-state index in [0.717, 1.165) is 11.6 Å². The molecule has 0 radical (unpaired) electrons. The summed E-state index contributed by atoms with van der Waals surface area (Å²) < 4.78 is 4.79. The average molecular weight is 412 g/mol. The largest absolute Gasteiger partial charge is 0.460 e. The Balaban J connectivity index is 1.90. The third kappa shape index (κ3) is 6.47. The van der Waals surface area contributed by atoms with Crippen LogP contribution < -0.4 is 0 Å². The van der Waals surface area contributed by atoms with Crippen molar-refractivity contribution in [3.8, 4) is 0 Å².